The van der Waals surface area contributed by atoms with Crippen LogP contribution in [0.3, 0.4) is 0 Å². The fourth-order valence-electron chi connectivity index (χ4n) is 4.91. The minimum Gasteiger partial charge on any atom is -0.488 e. The second kappa shape index (κ2) is 11.1. The van der Waals surface area contributed by atoms with Crippen LogP contribution in [0.1, 0.15) is 56.3 Å². The van der Waals surface area contributed by atoms with Crippen LogP contribution in [0.4, 0.5) is 5.69 Å². The third kappa shape index (κ3) is 7.07. The molecule has 8 nitrogen and oxygen atoms in total. The zero-order chi connectivity index (χ0) is 24.2. The van der Waals surface area contributed by atoms with E-state index in [1.165, 1.54) is 38.2 Å². The molecule has 2 aliphatic rings. The predicted octanol–water partition coefficient (Wildman–Crippen LogP) is 2.79. The first kappa shape index (κ1) is 25.8. The number of nitrogens with zero attached hydrogens (tertiary/aromatic N) is 2. The van der Waals surface area contributed by atoms with Crippen molar-refractivity contribution in [2.45, 2.75) is 58.1 Å². The van der Waals surface area contributed by atoms with Crippen LogP contribution >= 0.6 is 0 Å². The third-order valence-corrected chi connectivity index (χ3v) is 7.36. The Bertz CT molecular complexity index is 917. The molecule has 186 valence electrons. The van der Waals surface area contributed by atoms with Crippen molar-refractivity contribution in [3.8, 4) is 5.75 Å². The molecule has 33 heavy (non-hydrogen) atoms. The van der Waals surface area contributed by atoms with E-state index in [0.717, 1.165) is 25.3 Å². The average molecular weight is 482 g/mol. The summed E-state index contributed by atoms with van der Waals surface area (Å²) in [4.78, 5) is 17.4. The number of carbonyl (C=O) groups excluding carboxylic acids is 1. The number of likely N-dealkylation sites (N-methyl/N-ethyl adjacent to an activating group) is 1. The Hall–Kier alpha value is -1.84. The Morgan fingerprint density at radius 2 is 1.94 bits per heavy atom. The third-order valence-electron chi connectivity index (χ3n) is 6.75. The topological polar surface area (TPSA) is 99.2 Å². The molecule has 9 heteroatoms. The van der Waals surface area contributed by atoms with E-state index in [9.17, 15) is 18.3 Å². The molecule has 0 saturated heterocycles. The molecule has 3 atom stereocenters. The van der Waals surface area contributed by atoms with Crippen molar-refractivity contribution in [3.63, 3.8) is 0 Å². The molecule has 3 rings (SSSR count). The Morgan fingerprint density at radius 3 is 2.58 bits per heavy atom. The summed E-state index contributed by atoms with van der Waals surface area (Å²) in [5.74, 6) is 0.942. The van der Waals surface area contributed by atoms with Gasteiger partial charge in [-0.2, -0.15) is 0 Å². The Labute approximate surface area is 198 Å². The van der Waals surface area contributed by atoms with Crippen LogP contribution in [0.15, 0.2) is 18.2 Å². The molecule has 0 unspecified atom stereocenters. The Kier molecular flexibility index (Phi) is 8.64. The second-order valence-electron chi connectivity index (χ2n) is 9.93. The highest BCUT2D eigenvalue weighted by molar-refractivity contribution is 7.92. The Balaban J connectivity index is 1.86. The molecule has 1 aromatic carbocycles. The van der Waals surface area contributed by atoms with Gasteiger partial charge in [-0.15, -0.1) is 0 Å². The van der Waals surface area contributed by atoms with Crippen molar-refractivity contribution in [1.82, 2.24) is 9.80 Å². The molecule has 0 bridgehead atoms. The van der Waals surface area contributed by atoms with Gasteiger partial charge in [0, 0.05) is 31.2 Å². The lowest BCUT2D eigenvalue weighted by Crippen LogP contribution is -2.50. The molecular formula is C24H39N3O5S. The van der Waals surface area contributed by atoms with Gasteiger partial charge in [-0.1, -0.05) is 26.2 Å². The van der Waals surface area contributed by atoms with Crippen LogP contribution in [-0.4, -0.2) is 80.9 Å². The molecular weight excluding hydrogens is 442 g/mol. The van der Waals surface area contributed by atoms with Crippen molar-refractivity contribution in [2.75, 3.05) is 44.3 Å². The van der Waals surface area contributed by atoms with Gasteiger partial charge in [0.25, 0.3) is 5.91 Å². The van der Waals surface area contributed by atoms with E-state index in [4.69, 9.17) is 4.74 Å². The number of aliphatic hydroxyl groups is 1. The van der Waals surface area contributed by atoms with E-state index in [0.29, 0.717) is 23.5 Å². The number of sulfonamides is 1. The molecule has 0 spiro atoms. The first-order chi connectivity index (χ1) is 15.6. The van der Waals surface area contributed by atoms with E-state index >= 15 is 0 Å². The summed E-state index contributed by atoms with van der Waals surface area (Å²) in [6.07, 6.45) is 7.43. The van der Waals surface area contributed by atoms with E-state index in [1.54, 1.807) is 17.0 Å². The minimum atomic E-state index is -3.48. The van der Waals surface area contributed by atoms with Gasteiger partial charge in [-0.05, 0) is 50.9 Å². The minimum absolute atomic E-state index is 0.0544. The van der Waals surface area contributed by atoms with Gasteiger partial charge >= 0.3 is 0 Å². The molecule has 1 aliphatic carbocycles. The van der Waals surface area contributed by atoms with Crippen LogP contribution < -0.4 is 9.46 Å². The summed E-state index contributed by atoms with van der Waals surface area (Å²) in [6.45, 7) is 5.96. The maximum Gasteiger partial charge on any atom is 0.258 e. The number of aliphatic hydroxyl groups excluding tert-OH is 1. The second-order valence-corrected chi connectivity index (χ2v) is 11.7. The van der Waals surface area contributed by atoms with E-state index in [1.807, 2.05) is 6.92 Å². The quantitative estimate of drug-likeness (QED) is 0.592. The van der Waals surface area contributed by atoms with E-state index < -0.39 is 10.0 Å². The zero-order valence-corrected chi connectivity index (χ0v) is 21.1. The van der Waals surface area contributed by atoms with Gasteiger partial charge < -0.3 is 19.6 Å². The SMILES string of the molecule is C[C@H](CO)N1C[C@H](C)[C@H](CN(C)CC2CCCCC2)Oc2ccc(NS(C)(=O)=O)cc2C1=O. The first-order valence-corrected chi connectivity index (χ1v) is 13.9. The lowest BCUT2D eigenvalue weighted by Gasteiger charge is -2.38. The summed E-state index contributed by atoms with van der Waals surface area (Å²) in [5, 5.41) is 9.78. The number of hydrogen-bond acceptors (Lipinski definition) is 6. The largest absolute Gasteiger partial charge is 0.488 e. The van der Waals surface area contributed by atoms with Gasteiger partial charge in [0.15, 0.2) is 0 Å². The molecule has 1 saturated carbocycles. The number of rotatable bonds is 8. The number of fused-ring (bicyclic) bond motifs is 1. The number of anilines is 1. The van der Waals surface area contributed by atoms with Crippen molar-refractivity contribution in [2.24, 2.45) is 11.8 Å². The van der Waals surface area contributed by atoms with Crippen LogP contribution in [0.2, 0.25) is 0 Å². The molecule has 1 fully saturated rings. The number of nitrogens with one attached hydrogen (secondary N) is 1. The van der Waals surface area contributed by atoms with E-state index in [-0.39, 0.29) is 30.6 Å². The predicted molar refractivity (Wildman–Crippen MR) is 130 cm³/mol. The fourth-order valence-corrected chi connectivity index (χ4v) is 5.47. The molecule has 1 aromatic rings. The van der Waals surface area contributed by atoms with E-state index in [2.05, 4.69) is 23.6 Å². The molecule has 0 radical (unpaired) electrons. The summed E-state index contributed by atoms with van der Waals surface area (Å²) in [6, 6.07) is 4.43. The normalized spacial score (nSPS) is 23.5. The number of carbonyl (C=O) groups is 1. The van der Waals surface area contributed by atoms with Crippen LogP contribution in [0.5, 0.6) is 5.75 Å². The standard InChI is InChI=1S/C24H39N3O5S/c1-17-13-27(18(2)16-28)24(29)21-12-20(25-33(4,30)31)10-11-22(21)32-23(17)15-26(3)14-19-8-6-5-7-9-19/h10-12,17-19,23,25,28H,5-9,13-16H2,1-4H3/t17-,18+,23-/m0/s1. The summed E-state index contributed by atoms with van der Waals surface area (Å²) in [7, 11) is -1.36. The molecule has 1 aliphatic heterocycles. The number of benzene rings is 1. The average Bonchev–Trinajstić information content (AvgIpc) is 2.75. The molecule has 2 N–H and O–H groups in total. The maximum absolute atomic E-state index is 13.4. The van der Waals surface area contributed by atoms with Crippen molar-refractivity contribution in [3.05, 3.63) is 23.8 Å². The van der Waals surface area contributed by atoms with Crippen LogP contribution in [-0.2, 0) is 10.0 Å². The van der Waals surface area contributed by atoms with Crippen molar-refractivity contribution < 1.29 is 23.1 Å². The van der Waals surface area contributed by atoms with Gasteiger partial charge in [0.05, 0.1) is 24.5 Å². The zero-order valence-electron chi connectivity index (χ0n) is 20.3. The smallest absolute Gasteiger partial charge is 0.258 e. The molecule has 1 heterocycles. The summed E-state index contributed by atoms with van der Waals surface area (Å²) in [5.41, 5.74) is 0.611. The summed E-state index contributed by atoms with van der Waals surface area (Å²) >= 11 is 0. The monoisotopic (exact) mass is 481 g/mol. The first-order valence-electron chi connectivity index (χ1n) is 12.0. The highest BCUT2D eigenvalue weighted by atomic mass is 32.2. The van der Waals surface area contributed by atoms with Gasteiger partial charge in [-0.3, -0.25) is 9.52 Å². The van der Waals surface area contributed by atoms with Gasteiger partial charge in [-0.25, -0.2) is 8.42 Å². The van der Waals surface area contributed by atoms with Crippen LogP contribution in [0.25, 0.3) is 0 Å². The van der Waals surface area contributed by atoms with Gasteiger partial charge in [0.1, 0.15) is 11.9 Å². The fraction of sp³-hybridized carbons (Fsp3) is 0.708. The lowest BCUT2D eigenvalue weighted by molar-refractivity contribution is 0.0330. The van der Waals surface area contributed by atoms with Crippen molar-refractivity contribution >= 4 is 21.6 Å². The summed E-state index contributed by atoms with van der Waals surface area (Å²) < 4.78 is 32.2. The maximum atomic E-state index is 13.4. The van der Waals surface area contributed by atoms with Crippen LogP contribution in [0, 0.1) is 11.8 Å². The number of hydrogen-bond donors (Lipinski definition) is 2. The molecule has 0 aromatic heterocycles. The number of amides is 1. The highest BCUT2D eigenvalue weighted by Gasteiger charge is 2.34. The number of ether oxygens (including phenoxy) is 1. The Morgan fingerprint density at radius 1 is 1.24 bits per heavy atom. The lowest BCUT2D eigenvalue weighted by atomic mass is 9.89. The van der Waals surface area contributed by atoms with Gasteiger partial charge in [0.2, 0.25) is 10.0 Å². The highest BCUT2D eigenvalue weighted by Crippen LogP contribution is 2.31. The molecule has 1 amide bonds. The van der Waals surface area contributed by atoms with Crippen molar-refractivity contribution in [1.29, 1.82) is 0 Å².